The molecule has 2 aromatic carbocycles. The molecule has 27 heavy (non-hydrogen) atoms. The van der Waals surface area contributed by atoms with Crippen LogP contribution in [-0.2, 0) is 14.3 Å². The van der Waals surface area contributed by atoms with E-state index in [2.05, 4.69) is 5.32 Å². The summed E-state index contributed by atoms with van der Waals surface area (Å²) in [5, 5.41) is 2.48. The Morgan fingerprint density at radius 1 is 1.00 bits per heavy atom. The molecule has 4 rings (SSSR count). The van der Waals surface area contributed by atoms with Gasteiger partial charge in [0, 0.05) is 11.1 Å². The van der Waals surface area contributed by atoms with Gasteiger partial charge in [-0.3, -0.25) is 9.36 Å². The van der Waals surface area contributed by atoms with Gasteiger partial charge in [-0.2, -0.15) is 0 Å². The molecule has 7 heteroatoms. The largest absolute Gasteiger partial charge is 0.467 e. The number of amides is 1. The van der Waals surface area contributed by atoms with Gasteiger partial charge in [0.2, 0.25) is 5.91 Å². The molecule has 1 aliphatic heterocycles. The summed E-state index contributed by atoms with van der Waals surface area (Å²) < 4.78 is 11.5. The van der Waals surface area contributed by atoms with Crippen LogP contribution in [0.4, 0.5) is 0 Å². The minimum absolute atomic E-state index is 0.343. The lowest BCUT2D eigenvalue weighted by molar-refractivity contribution is -0.154. The molecule has 0 spiro atoms. The summed E-state index contributed by atoms with van der Waals surface area (Å²) in [4.78, 5) is 36.9. The van der Waals surface area contributed by atoms with Crippen molar-refractivity contribution < 1.29 is 18.7 Å². The van der Waals surface area contributed by atoms with Crippen molar-refractivity contribution >= 4 is 11.9 Å². The van der Waals surface area contributed by atoms with Gasteiger partial charge in [0.25, 0.3) is 0 Å². The number of carbonyl (C=O) groups excluding carboxylic acids is 2. The highest BCUT2D eigenvalue weighted by molar-refractivity contribution is 5.99. The monoisotopic (exact) mass is 364 g/mol. The SMILES string of the molecule is COC(=O)[C@H]1NC(=O)[C@H]1n1c(-c2ccccc2)c(-c2ccccc2)oc1=O. The molecule has 0 bridgehead atoms. The molecular formula is C20H16N2O5. The molecule has 1 amide bonds. The Balaban J connectivity index is 1.95. The number of methoxy groups -OCH3 is 1. The fourth-order valence-electron chi connectivity index (χ4n) is 3.24. The molecular weight excluding hydrogens is 348 g/mol. The Morgan fingerprint density at radius 3 is 2.15 bits per heavy atom. The van der Waals surface area contributed by atoms with Crippen LogP contribution in [0, 0.1) is 0 Å². The number of esters is 1. The number of carbonyl (C=O) groups is 2. The first kappa shape index (κ1) is 16.8. The quantitative estimate of drug-likeness (QED) is 0.565. The third kappa shape index (κ3) is 2.73. The summed E-state index contributed by atoms with van der Waals surface area (Å²) in [6.45, 7) is 0. The number of β-lactam (4-membered cyclic amide) rings is 1. The van der Waals surface area contributed by atoms with Crippen LogP contribution in [-0.4, -0.2) is 29.6 Å². The Bertz CT molecular complexity index is 1050. The zero-order valence-electron chi connectivity index (χ0n) is 14.4. The van der Waals surface area contributed by atoms with E-state index in [1.165, 1.54) is 11.7 Å². The molecule has 1 aliphatic rings. The van der Waals surface area contributed by atoms with Crippen LogP contribution in [0.1, 0.15) is 6.04 Å². The Hall–Kier alpha value is -3.61. The van der Waals surface area contributed by atoms with Gasteiger partial charge in [0.15, 0.2) is 11.8 Å². The standard InChI is InChI=1S/C20H16N2O5/c1-26-19(24)14-16(18(23)21-14)22-15(12-8-4-2-5-9-12)17(27-20(22)25)13-10-6-3-7-11-13/h2-11,14,16H,1H3,(H,21,23)/t14-,16-/m0/s1. The third-order valence-electron chi connectivity index (χ3n) is 4.54. The molecule has 1 N–H and O–H groups in total. The number of nitrogens with zero attached hydrogens (tertiary/aromatic N) is 1. The van der Waals surface area contributed by atoms with E-state index in [4.69, 9.17) is 9.15 Å². The van der Waals surface area contributed by atoms with Crippen molar-refractivity contribution in [1.82, 2.24) is 9.88 Å². The molecule has 7 nitrogen and oxygen atoms in total. The smallest absolute Gasteiger partial charge is 0.420 e. The second-order valence-corrected chi connectivity index (χ2v) is 6.10. The molecule has 1 aromatic heterocycles. The van der Waals surface area contributed by atoms with Crippen molar-refractivity contribution in [3.8, 4) is 22.6 Å². The molecule has 0 aliphatic carbocycles. The number of ether oxygens (including phenoxy) is 1. The van der Waals surface area contributed by atoms with E-state index in [-0.39, 0.29) is 0 Å². The molecule has 2 heterocycles. The fourth-order valence-corrected chi connectivity index (χ4v) is 3.24. The van der Waals surface area contributed by atoms with Crippen molar-refractivity contribution in [3.63, 3.8) is 0 Å². The predicted molar refractivity (Wildman–Crippen MR) is 96.8 cm³/mol. The maximum absolute atomic E-state index is 12.7. The zero-order valence-corrected chi connectivity index (χ0v) is 14.4. The topological polar surface area (TPSA) is 90.5 Å². The molecule has 3 aromatic rings. The minimum Gasteiger partial charge on any atom is -0.467 e. The molecule has 0 saturated carbocycles. The number of nitrogens with one attached hydrogen (secondary N) is 1. The van der Waals surface area contributed by atoms with Gasteiger partial charge in [-0.25, -0.2) is 9.59 Å². The van der Waals surface area contributed by atoms with Crippen molar-refractivity contribution in [2.75, 3.05) is 7.11 Å². The molecule has 2 atom stereocenters. The number of benzene rings is 2. The van der Waals surface area contributed by atoms with E-state index in [0.717, 1.165) is 0 Å². The summed E-state index contributed by atoms with van der Waals surface area (Å²) in [7, 11) is 1.23. The number of hydrogen-bond donors (Lipinski definition) is 1. The molecule has 1 fully saturated rings. The average Bonchev–Trinajstić information content (AvgIpc) is 3.03. The van der Waals surface area contributed by atoms with Crippen molar-refractivity contribution in [2.24, 2.45) is 0 Å². The highest BCUT2D eigenvalue weighted by Crippen LogP contribution is 2.35. The van der Waals surface area contributed by atoms with Gasteiger partial charge >= 0.3 is 11.7 Å². The van der Waals surface area contributed by atoms with E-state index in [1.54, 1.807) is 0 Å². The normalized spacial score (nSPS) is 18.5. The van der Waals surface area contributed by atoms with Crippen LogP contribution in [0.5, 0.6) is 0 Å². The second kappa shape index (κ2) is 6.60. The van der Waals surface area contributed by atoms with Crippen molar-refractivity contribution in [2.45, 2.75) is 12.1 Å². The van der Waals surface area contributed by atoms with Crippen LogP contribution < -0.4 is 11.1 Å². The van der Waals surface area contributed by atoms with E-state index >= 15 is 0 Å². The van der Waals surface area contributed by atoms with Gasteiger partial charge in [-0.1, -0.05) is 60.7 Å². The maximum atomic E-state index is 12.7. The average molecular weight is 364 g/mol. The molecule has 0 unspecified atom stereocenters. The summed E-state index contributed by atoms with van der Waals surface area (Å²) in [5.41, 5.74) is 1.84. The number of rotatable bonds is 4. The van der Waals surface area contributed by atoms with Crippen LogP contribution in [0.3, 0.4) is 0 Å². The maximum Gasteiger partial charge on any atom is 0.420 e. The summed E-state index contributed by atoms with van der Waals surface area (Å²) in [5.74, 6) is -1.42. The Morgan fingerprint density at radius 2 is 1.59 bits per heavy atom. The van der Waals surface area contributed by atoms with E-state index in [9.17, 15) is 14.4 Å². The van der Waals surface area contributed by atoms with Gasteiger partial charge < -0.3 is 14.5 Å². The molecule has 1 saturated heterocycles. The summed E-state index contributed by atoms with van der Waals surface area (Å²) in [6.07, 6.45) is 0. The fraction of sp³-hybridized carbons (Fsp3) is 0.150. The first-order chi connectivity index (χ1) is 13.1. The van der Waals surface area contributed by atoms with E-state index in [1.807, 2.05) is 60.7 Å². The lowest BCUT2D eigenvalue weighted by Gasteiger charge is -2.35. The number of hydrogen-bond acceptors (Lipinski definition) is 5. The first-order valence-corrected chi connectivity index (χ1v) is 8.36. The van der Waals surface area contributed by atoms with Crippen LogP contribution in [0.25, 0.3) is 22.6 Å². The molecule has 0 radical (unpaired) electrons. The van der Waals surface area contributed by atoms with E-state index < -0.39 is 29.7 Å². The van der Waals surface area contributed by atoms with Crippen LogP contribution in [0.2, 0.25) is 0 Å². The molecule has 136 valence electrons. The Kier molecular flexibility index (Phi) is 4.12. The first-order valence-electron chi connectivity index (χ1n) is 8.36. The van der Waals surface area contributed by atoms with Gasteiger partial charge in [0.1, 0.15) is 6.04 Å². The highest BCUT2D eigenvalue weighted by atomic mass is 16.5. The van der Waals surface area contributed by atoms with Gasteiger partial charge in [-0.05, 0) is 0 Å². The van der Waals surface area contributed by atoms with Crippen LogP contribution >= 0.6 is 0 Å². The predicted octanol–water partition coefficient (Wildman–Crippen LogP) is 1.99. The summed E-state index contributed by atoms with van der Waals surface area (Å²) >= 11 is 0. The lowest BCUT2D eigenvalue weighted by Crippen LogP contribution is -2.63. The van der Waals surface area contributed by atoms with Crippen molar-refractivity contribution in [3.05, 3.63) is 71.2 Å². The van der Waals surface area contributed by atoms with Crippen LogP contribution in [0.15, 0.2) is 69.9 Å². The number of oxazole rings is 1. The second-order valence-electron chi connectivity index (χ2n) is 6.10. The summed E-state index contributed by atoms with van der Waals surface area (Å²) in [6, 6.07) is 16.3. The van der Waals surface area contributed by atoms with Gasteiger partial charge in [-0.15, -0.1) is 0 Å². The lowest BCUT2D eigenvalue weighted by atomic mass is 9.97. The highest BCUT2D eigenvalue weighted by Gasteiger charge is 2.49. The van der Waals surface area contributed by atoms with Gasteiger partial charge in [0.05, 0.1) is 12.8 Å². The zero-order chi connectivity index (χ0) is 19.0. The van der Waals surface area contributed by atoms with Crippen molar-refractivity contribution in [1.29, 1.82) is 0 Å². The minimum atomic E-state index is -1.03. The third-order valence-corrected chi connectivity index (χ3v) is 4.54. The van der Waals surface area contributed by atoms with E-state index in [0.29, 0.717) is 22.6 Å². The Labute approximate surface area is 154 Å². The number of aromatic nitrogens is 1.